The average molecular weight is 345 g/mol. The molecule has 1 saturated heterocycles. The highest BCUT2D eigenvalue weighted by atomic mass is 16.6. The highest BCUT2D eigenvalue weighted by Gasteiger charge is 2.59. The van der Waals surface area contributed by atoms with Gasteiger partial charge in [0.05, 0.1) is 25.4 Å². The van der Waals surface area contributed by atoms with Gasteiger partial charge in [-0.25, -0.2) is 0 Å². The Labute approximate surface area is 153 Å². The minimum absolute atomic E-state index is 0.328. The quantitative estimate of drug-likeness (QED) is 0.595. The van der Waals surface area contributed by atoms with Gasteiger partial charge in [-0.15, -0.1) is 0 Å². The Morgan fingerprint density at radius 1 is 1.04 bits per heavy atom. The standard InChI is InChI=1S/C23H36O2/c1-4-15-6-8-18-17-7-5-16-13-20-21(25-12-11-24-20)14-23(16,3)19(17)9-10-22(15,18)2/h5,15,17-21H,4,6-14H2,1-3H3/t15-,17-,18-,19-,20?,21?,22+,23-/m0/s1. The zero-order valence-electron chi connectivity index (χ0n) is 16.4. The number of allylic oxidation sites excluding steroid dienone is 1. The molecule has 0 aromatic heterocycles. The molecule has 0 radical (unpaired) electrons. The van der Waals surface area contributed by atoms with E-state index in [9.17, 15) is 0 Å². The molecule has 0 amide bonds. The fraction of sp³-hybridized carbons (Fsp3) is 0.913. The lowest BCUT2D eigenvalue weighted by molar-refractivity contribution is -0.173. The van der Waals surface area contributed by atoms with Gasteiger partial charge < -0.3 is 9.47 Å². The van der Waals surface area contributed by atoms with Gasteiger partial charge in [0, 0.05) is 0 Å². The van der Waals surface area contributed by atoms with Crippen LogP contribution >= 0.6 is 0 Å². The Hall–Kier alpha value is -0.340. The number of ether oxygens (including phenoxy) is 2. The molecule has 4 fully saturated rings. The lowest BCUT2D eigenvalue weighted by Crippen LogP contribution is -2.54. The summed E-state index contributed by atoms with van der Waals surface area (Å²) in [6, 6.07) is 0. The molecule has 5 aliphatic rings. The normalized spacial score (nSPS) is 54.8. The van der Waals surface area contributed by atoms with Crippen LogP contribution in [0.15, 0.2) is 11.6 Å². The van der Waals surface area contributed by atoms with E-state index in [0.717, 1.165) is 43.3 Å². The van der Waals surface area contributed by atoms with Crippen molar-refractivity contribution in [2.75, 3.05) is 13.2 Å². The van der Waals surface area contributed by atoms with Crippen LogP contribution < -0.4 is 0 Å². The van der Waals surface area contributed by atoms with E-state index in [0.29, 0.717) is 23.0 Å². The van der Waals surface area contributed by atoms with Gasteiger partial charge >= 0.3 is 0 Å². The van der Waals surface area contributed by atoms with Crippen LogP contribution in [-0.4, -0.2) is 25.4 Å². The number of hydrogen-bond donors (Lipinski definition) is 0. The summed E-state index contributed by atoms with van der Waals surface area (Å²) in [5.41, 5.74) is 2.71. The van der Waals surface area contributed by atoms with Crippen molar-refractivity contribution in [1.82, 2.24) is 0 Å². The average Bonchev–Trinajstić information content (AvgIpc) is 2.96. The van der Waals surface area contributed by atoms with Crippen LogP contribution in [0.3, 0.4) is 0 Å². The molecule has 0 spiro atoms. The molecule has 0 aromatic carbocycles. The molecule has 0 aromatic rings. The lowest BCUT2D eigenvalue weighted by atomic mass is 9.47. The topological polar surface area (TPSA) is 18.5 Å². The Morgan fingerprint density at radius 3 is 2.64 bits per heavy atom. The summed E-state index contributed by atoms with van der Waals surface area (Å²) < 4.78 is 12.2. The highest BCUT2D eigenvalue weighted by Crippen LogP contribution is 2.66. The van der Waals surface area contributed by atoms with Crippen molar-refractivity contribution >= 4 is 0 Å². The van der Waals surface area contributed by atoms with Gasteiger partial charge in [0.15, 0.2) is 0 Å². The predicted molar refractivity (Wildman–Crippen MR) is 100 cm³/mol. The van der Waals surface area contributed by atoms with Crippen molar-refractivity contribution in [3.05, 3.63) is 11.6 Å². The van der Waals surface area contributed by atoms with Gasteiger partial charge in [-0.2, -0.15) is 0 Å². The van der Waals surface area contributed by atoms with Crippen molar-refractivity contribution in [3.63, 3.8) is 0 Å². The van der Waals surface area contributed by atoms with Gasteiger partial charge in [-0.3, -0.25) is 0 Å². The zero-order valence-corrected chi connectivity index (χ0v) is 16.4. The maximum Gasteiger partial charge on any atom is 0.0875 e. The van der Waals surface area contributed by atoms with Crippen LogP contribution in [-0.2, 0) is 9.47 Å². The Balaban J connectivity index is 1.46. The van der Waals surface area contributed by atoms with Crippen LogP contribution in [0.5, 0.6) is 0 Å². The minimum Gasteiger partial charge on any atom is -0.373 e. The molecular formula is C23H36O2. The first kappa shape index (κ1) is 16.8. The first-order valence-corrected chi connectivity index (χ1v) is 11.0. The number of hydrogen-bond acceptors (Lipinski definition) is 2. The maximum absolute atomic E-state index is 6.16. The molecule has 2 unspecified atom stereocenters. The molecular weight excluding hydrogens is 308 g/mol. The van der Waals surface area contributed by atoms with E-state index >= 15 is 0 Å². The monoisotopic (exact) mass is 344 g/mol. The van der Waals surface area contributed by atoms with Crippen molar-refractivity contribution in [2.24, 2.45) is 34.5 Å². The summed E-state index contributed by atoms with van der Waals surface area (Å²) in [7, 11) is 0. The summed E-state index contributed by atoms with van der Waals surface area (Å²) in [6.07, 6.45) is 14.3. The molecule has 25 heavy (non-hydrogen) atoms. The van der Waals surface area contributed by atoms with Gasteiger partial charge in [-0.05, 0) is 79.4 Å². The molecule has 140 valence electrons. The Morgan fingerprint density at radius 2 is 1.84 bits per heavy atom. The summed E-state index contributed by atoms with van der Waals surface area (Å²) in [5, 5.41) is 0. The Kier molecular flexibility index (Phi) is 3.92. The second-order valence-electron chi connectivity index (χ2n) is 10.2. The first-order chi connectivity index (χ1) is 12.1. The van der Waals surface area contributed by atoms with E-state index in [1.165, 1.54) is 44.9 Å². The van der Waals surface area contributed by atoms with E-state index in [2.05, 4.69) is 26.8 Å². The summed E-state index contributed by atoms with van der Waals surface area (Å²) in [5.74, 6) is 3.74. The fourth-order valence-electron chi connectivity index (χ4n) is 8.16. The van der Waals surface area contributed by atoms with E-state index in [1.54, 1.807) is 5.57 Å². The van der Waals surface area contributed by atoms with Crippen molar-refractivity contribution in [3.8, 4) is 0 Å². The highest BCUT2D eigenvalue weighted by molar-refractivity contribution is 5.26. The Bertz CT molecular complexity index is 568. The van der Waals surface area contributed by atoms with Crippen LogP contribution in [0, 0.1) is 34.5 Å². The summed E-state index contributed by atoms with van der Waals surface area (Å²) >= 11 is 0. The third kappa shape index (κ3) is 2.29. The molecule has 1 aliphatic heterocycles. The van der Waals surface area contributed by atoms with Gasteiger partial charge in [0.1, 0.15) is 0 Å². The van der Waals surface area contributed by atoms with E-state index < -0.39 is 0 Å². The van der Waals surface area contributed by atoms with Gasteiger partial charge in [-0.1, -0.05) is 38.8 Å². The van der Waals surface area contributed by atoms with Crippen molar-refractivity contribution in [2.45, 2.75) is 84.3 Å². The van der Waals surface area contributed by atoms with Crippen LogP contribution in [0.1, 0.15) is 72.1 Å². The minimum atomic E-state index is 0.328. The third-order valence-electron chi connectivity index (χ3n) is 9.52. The first-order valence-electron chi connectivity index (χ1n) is 11.0. The molecule has 1 heterocycles. The molecule has 0 N–H and O–H groups in total. The van der Waals surface area contributed by atoms with Crippen LogP contribution in [0.25, 0.3) is 0 Å². The SMILES string of the molecule is CC[C@H]1CC[C@H]2[C@@H]3CC=C4CC5OCCOC5C[C@]4(C)[C@H]3CC[C@]12C. The van der Waals surface area contributed by atoms with E-state index in [4.69, 9.17) is 9.47 Å². The molecule has 2 nitrogen and oxygen atoms in total. The second-order valence-corrected chi connectivity index (χ2v) is 10.2. The predicted octanol–water partition coefficient (Wildman–Crippen LogP) is 5.37. The van der Waals surface area contributed by atoms with Gasteiger partial charge in [0.25, 0.3) is 0 Å². The van der Waals surface area contributed by atoms with E-state index in [1.807, 2.05) is 0 Å². The summed E-state index contributed by atoms with van der Waals surface area (Å²) in [6.45, 7) is 9.23. The zero-order chi connectivity index (χ0) is 17.2. The van der Waals surface area contributed by atoms with Crippen molar-refractivity contribution < 1.29 is 9.47 Å². The maximum atomic E-state index is 6.16. The van der Waals surface area contributed by atoms with E-state index in [-0.39, 0.29) is 0 Å². The van der Waals surface area contributed by atoms with Gasteiger partial charge in [0.2, 0.25) is 0 Å². The third-order valence-corrected chi connectivity index (χ3v) is 9.52. The number of fused-ring (bicyclic) bond motifs is 6. The number of rotatable bonds is 1. The second kappa shape index (κ2) is 5.83. The summed E-state index contributed by atoms with van der Waals surface area (Å²) in [4.78, 5) is 0. The molecule has 0 bridgehead atoms. The van der Waals surface area contributed by atoms with Crippen LogP contribution in [0.2, 0.25) is 0 Å². The molecule has 5 rings (SSSR count). The molecule has 8 atom stereocenters. The van der Waals surface area contributed by atoms with Crippen molar-refractivity contribution in [1.29, 1.82) is 0 Å². The molecule has 3 saturated carbocycles. The lowest BCUT2D eigenvalue weighted by Gasteiger charge is -2.59. The molecule has 2 heteroatoms. The smallest absolute Gasteiger partial charge is 0.0875 e. The largest absolute Gasteiger partial charge is 0.373 e. The fourth-order valence-corrected chi connectivity index (χ4v) is 8.16. The van der Waals surface area contributed by atoms with Crippen LogP contribution in [0.4, 0.5) is 0 Å². The molecule has 4 aliphatic carbocycles.